The van der Waals surface area contributed by atoms with Crippen molar-refractivity contribution in [2.24, 2.45) is 0 Å². The first-order valence-electron chi connectivity index (χ1n) is 5.64. The van der Waals surface area contributed by atoms with Crippen LogP contribution >= 0.6 is 0 Å². The number of fused-ring (bicyclic) bond motifs is 1. The highest BCUT2D eigenvalue weighted by molar-refractivity contribution is 5.94. The molecular formula is C13H10N4O. The van der Waals surface area contributed by atoms with E-state index in [2.05, 4.69) is 15.3 Å². The molecule has 0 aliphatic carbocycles. The van der Waals surface area contributed by atoms with Gasteiger partial charge in [0.05, 0.1) is 11.9 Å². The Morgan fingerprint density at radius 2 is 2.22 bits per heavy atom. The van der Waals surface area contributed by atoms with Crippen LogP contribution in [0.1, 0.15) is 17.8 Å². The molecule has 0 saturated carbocycles. The zero-order valence-electron chi connectivity index (χ0n) is 9.53. The molecule has 1 aliphatic heterocycles. The van der Waals surface area contributed by atoms with Crippen LogP contribution in [0.15, 0.2) is 24.4 Å². The quantitative estimate of drug-likeness (QED) is 0.795. The molecule has 5 heteroatoms. The number of rotatable bonds is 1. The molecule has 2 heterocycles. The van der Waals surface area contributed by atoms with E-state index in [1.807, 2.05) is 24.3 Å². The highest BCUT2D eigenvalue weighted by Crippen LogP contribution is 2.27. The van der Waals surface area contributed by atoms with Crippen molar-refractivity contribution >= 4 is 11.6 Å². The lowest BCUT2D eigenvalue weighted by molar-refractivity contribution is -0.116. The second-order valence-electron chi connectivity index (χ2n) is 4.18. The van der Waals surface area contributed by atoms with Gasteiger partial charge >= 0.3 is 0 Å². The Labute approximate surface area is 103 Å². The summed E-state index contributed by atoms with van der Waals surface area (Å²) < 4.78 is 0. The highest BCUT2D eigenvalue weighted by atomic mass is 16.1. The van der Waals surface area contributed by atoms with E-state index in [4.69, 9.17) is 5.26 Å². The summed E-state index contributed by atoms with van der Waals surface area (Å²) in [7, 11) is 0. The predicted octanol–water partition coefficient (Wildman–Crippen LogP) is 1.83. The summed E-state index contributed by atoms with van der Waals surface area (Å²) in [6.07, 6.45) is 2.90. The minimum atomic E-state index is 0.0588. The molecule has 18 heavy (non-hydrogen) atoms. The number of carbonyl (C=O) groups is 1. The molecule has 0 bridgehead atoms. The molecule has 0 atom stereocenters. The molecule has 0 saturated heterocycles. The standard InChI is InChI=1S/C13H10N4O/c14-6-12-15-7-11(16-12)9-1-3-10-8(5-9)2-4-13(18)17-10/h1,3,5,7H,2,4H2,(H,15,16)(H,17,18). The van der Waals surface area contributed by atoms with Crippen LogP contribution in [0.2, 0.25) is 0 Å². The smallest absolute Gasteiger partial charge is 0.224 e. The van der Waals surface area contributed by atoms with Crippen LogP contribution in [0, 0.1) is 11.3 Å². The molecule has 2 N–H and O–H groups in total. The van der Waals surface area contributed by atoms with Crippen molar-refractivity contribution in [3.8, 4) is 17.3 Å². The van der Waals surface area contributed by atoms with Gasteiger partial charge in [-0.1, -0.05) is 6.07 Å². The SMILES string of the molecule is N#Cc1ncc(-c2ccc3c(c2)CCC(=O)N3)[nH]1. The van der Waals surface area contributed by atoms with Gasteiger partial charge in [0.15, 0.2) is 0 Å². The lowest BCUT2D eigenvalue weighted by Gasteiger charge is -2.17. The minimum Gasteiger partial charge on any atom is -0.329 e. The third-order valence-electron chi connectivity index (χ3n) is 2.99. The summed E-state index contributed by atoms with van der Waals surface area (Å²) in [5, 5.41) is 11.6. The van der Waals surface area contributed by atoms with Crippen LogP contribution in [0.4, 0.5) is 5.69 Å². The Kier molecular flexibility index (Phi) is 2.34. The van der Waals surface area contributed by atoms with Crippen molar-refractivity contribution in [2.75, 3.05) is 5.32 Å². The molecule has 0 radical (unpaired) electrons. The molecule has 3 rings (SSSR count). The van der Waals surface area contributed by atoms with E-state index in [1.165, 1.54) is 0 Å². The number of hydrogen-bond acceptors (Lipinski definition) is 3. The summed E-state index contributed by atoms with van der Waals surface area (Å²) in [4.78, 5) is 18.1. The maximum absolute atomic E-state index is 11.3. The predicted molar refractivity (Wildman–Crippen MR) is 65.7 cm³/mol. The van der Waals surface area contributed by atoms with E-state index in [0.29, 0.717) is 12.2 Å². The molecule has 1 aliphatic rings. The molecule has 0 unspecified atom stereocenters. The van der Waals surface area contributed by atoms with Crippen molar-refractivity contribution < 1.29 is 4.79 Å². The van der Waals surface area contributed by atoms with Gasteiger partial charge in [-0.15, -0.1) is 0 Å². The van der Waals surface area contributed by atoms with Crippen LogP contribution < -0.4 is 5.32 Å². The molecule has 0 fully saturated rings. The van der Waals surface area contributed by atoms with Gasteiger partial charge in [0.25, 0.3) is 0 Å². The van der Waals surface area contributed by atoms with E-state index in [9.17, 15) is 4.79 Å². The van der Waals surface area contributed by atoms with Crippen molar-refractivity contribution in [1.82, 2.24) is 9.97 Å². The zero-order chi connectivity index (χ0) is 12.5. The van der Waals surface area contributed by atoms with Crippen LogP contribution in [-0.4, -0.2) is 15.9 Å². The van der Waals surface area contributed by atoms with Crippen molar-refractivity contribution in [3.05, 3.63) is 35.8 Å². The van der Waals surface area contributed by atoms with Crippen LogP contribution in [0.25, 0.3) is 11.3 Å². The van der Waals surface area contributed by atoms with Gasteiger partial charge in [0.2, 0.25) is 11.7 Å². The number of aromatic amines is 1. The first-order valence-corrected chi connectivity index (χ1v) is 5.64. The fourth-order valence-electron chi connectivity index (χ4n) is 2.08. The number of aromatic nitrogens is 2. The number of H-pyrrole nitrogens is 1. The molecule has 88 valence electrons. The second-order valence-corrected chi connectivity index (χ2v) is 4.18. The Hall–Kier alpha value is -2.61. The van der Waals surface area contributed by atoms with Crippen LogP contribution in [0.5, 0.6) is 0 Å². The van der Waals surface area contributed by atoms with Gasteiger partial charge in [-0.3, -0.25) is 4.79 Å². The Morgan fingerprint density at radius 3 is 3.00 bits per heavy atom. The third kappa shape index (κ3) is 1.74. The van der Waals surface area contributed by atoms with Crippen molar-refractivity contribution in [3.63, 3.8) is 0 Å². The molecule has 0 spiro atoms. The number of carbonyl (C=O) groups excluding carboxylic acids is 1. The minimum absolute atomic E-state index is 0.0588. The highest BCUT2D eigenvalue weighted by Gasteiger charge is 2.15. The Morgan fingerprint density at radius 1 is 1.33 bits per heavy atom. The molecule has 1 amide bonds. The maximum atomic E-state index is 11.3. The number of hydrogen-bond donors (Lipinski definition) is 2. The number of aryl methyl sites for hydroxylation is 1. The molecular weight excluding hydrogens is 228 g/mol. The number of anilines is 1. The van der Waals surface area contributed by atoms with E-state index >= 15 is 0 Å². The van der Waals surface area contributed by atoms with E-state index in [0.717, 1.165) is 28.9 Å². The largest absolute Gasteiger partial charge is 0.329 e. The zero-order valence-corrected chi connectivity index (χ0v) is 9.53. The first kappa shape index (κ1) is 10.5. The summed E-state index contributed by atoms with van der Waals surface area (Å²) in [6.45, 7) is 0. The number of nitriles is 1. The molecule has 2 aromatic rings. The number of nitrogens with one attached hydrogen (secondary N) is 2. The maximum Gasteiger partial charge on any atom is 0.224 e. The normalized spacial score (nSPS) is 13.6. The molecule has 1 aromatic carbocycles. The summed E-state index contributed by atoms with van der Waals surface area (Å²) in [6, 6.07) is 7.76. The average Bonchev–Trinajstić information content (AvgIpc) is 2.87. The first-order chi connectivity index (χ1) is 8.76. The number of nitrogens with zero attached hydrogens (tertiary/aromatic N) is 2. The van der Waals surface area contributed by atoms with Gasteiger partial charge in [0.1, 0.15) is 6.07 Å². The van der Waals surface area contributed by atoms with Gasteiger partial charge in [0, 0.05) is 12.1 Å². The summed E-state index contributed by atoms with van der Waals surface area (Å²) in [5.74, 6) is 0.361. The van der Waals surface area contributed by atoms with Crippen LogP contribution in [0.3, 0.4) is 0 Å². The molecule has 1 aromatic heterocycles. The number of amides is 1. The van der Waals surface area contributed by atoms with Gasteiger partial charge in [-0.2, -0.15) is 5.26 Å². The Bertz CT molecular complexity index is 666. The van der Waals surface area contributed by atoms with E-state index < -0.39 is 0 Å². The Balaban J connectivity index is 2.00. The summed E-state index contributed by atoms with van der Waals surface area (Å²) >= 11 is 0. The lowest BCUT2D eigenvalue weighted by atomic mass is 9.99. The average molecular weight is 238 g/mol. The van der Waals surface area contributed by atoms with Gasteiger partial charge < -0.3 is 10.3 Å². The second kappa shape index (κ2) is 4.00. The van der Waals surface area contributed by atoms with Gasteiger partial charge in [-0.25, -0.2) is 4.98 Å². The van der Waals surface area contributed by atoms with Crippen molar-refractivity contribution in [1.29, 1.82) is 5.26 Å². The van der Waals surface area contributed by atoms with E-state index in [-0.39, 0.29) is 5.91 Å². The fraction of sp³-hybridized carbons (Fsp3) is 0.154. The van der Waals surface area contributed by atoms with Crippen LogP contribution in [-0.2, 0) is 11.2 Å². The van der Waals surface area contributed by atoms with Crippen molar-refractivity contribution in [2.45, 2.75) is 12.8 Å². The van der Waals surface area contributed by atoms with Gasteiger partial charge in [-0.05, 0) is 29.7 Å². The fourth-order valence-corrected chi connectivity index (χ4v) is 2.08. The topological polar surface area (TPSA) is 81.6 Å². The third-order valence-corrected chi connectivity index (χ3v) is 2.99. The molecule has 5 nitrogen and oxygen atoms in total. The lowest BCUT2D eigenvalue weighted by Crippen LogP contribution is -2.18. The monoisotopic (exact) mass is 238 g/mol. The summed E-state index contributed by atoms with van der Waals surface area (Å²) in [5.41, 5.74) is 3.76. The number of imidazole rings is 1. The van der Waals surface area contributed by atoms with E-state index in [1.54, 1.807) is 6.20 Å². The number of benzene rings is 1.